The number of ether oxygens (including phenoxy) is 1. The highest BCUT2D eigenvalue weighted by atomic mass is 19.1. The van der Waals surface area contributed by atoms with Crippen molar-refractivity contribution in [2.75, 3.05) is 5.32 Å². The zero-order chi connectivity index (χ0) is 26.1. The molecule has 4 rings (SSSR count). The molecule has 0 aliphatic carbocycles. The van der Waals surface area contributed by atoms with Crippen LogP contribution < -0.4 is 5.32 Å². The van der Waals surface area contributed by atoms with Crippen molar-refractivity contribution >= 4 is 17.4 Å². The number of aryl methyl sites for hydroxylation is 1. The maximum atomic E-state index is 14.7. The van der Waals surface area contributed by atoms with E-state index in [0.29, 0.717) is 17.2 Å². The molecule has 0 amide bonds. The van der Waals surface area contributed by atoms with E-state index in [4.69, 9.17) is 10.00 Å². The molecule has 0 atom stereocenters. The Hall–Kier alpha value is -3.64. The number of halogens is 1. The van der Waals surface area contributed by atoms with Crippen LogP contribution in [0.5, 0.6) is 0 Å². The van der Waals surface area contributed by atoms with Gasteiger partial charge >= 0.3 is 0 Å². The molecular formula is C27H31FN6O2. The SMILES string of the molecule is Cc1cnc(Nc2cnn(C3CC(C)(C)OC(C)(C)C3)c2)nc1-c1ccc(C(=O)CCC#N)c(F)c1. The predicted molar refractivity (Wildman–Crippen MR) is 134 cm³/mol. The first-order chi connectivity index (χ1) is 17.0. The Morgan fingerprint density at radius 2 is 1.97 bits per heavy atom. The van der Waals surface area contributed by atoms with Gasteiger partial charge in [-0.25, -0.2) is 14.4 Å². The van der Waals surface area contributed by atoms with Crippen molar-refractivity contribution in [1.29, 1.82) is 5.26 Å². The van der Waals surface area contributed by atoms with Gasteiger partial charge in [-0.2, -0.15) is 10.4 Å². The van der Waals surface area contributed by atoms with Gasteiger partial charge in [0.1, 0.15) is 5.82 Å². The third kappa shape index (κ3) is 5.77. The second-order valence-electron chi connectivity index (χ2n) is 10.5. The second-order valence-corrected chi connectivity index (χ2v) is 10.5. The van der Waals surface area contributed by atoms with Gasteiger partial charge in [0.2, 0.25) is 5.95 Å². The minimum Gasteiger partial charge on any atom is -0.370 e. The number of aromatic nitrogens is 4. The van der Waals surface area contributed by atoms with Crippen molar-refractivity contribution in [3.8, 4) is 17.3 Å². The number of hydrogen-bond acceptors (Lipinski definition) is 7. The van der Waals surface area contributed by atoms with E-state index in [1.54, 1.807) is 18.5 Å². The van der Waals surface area contributed by atoms with Crippen molar-refractivity contribution < 1.29 is 13.9 Å². The smallest absolute Gasteiger partial charge is 0.227 e. The normalized spacial score (nSPS) is 16.9. The summed E-state index contributed by atoms with van der Waals surface area (Å²) in [6.07, 6.45) is 7.09. The number of benzene rings is 1. The highest BCUT2D eigenvalue weighted by Crippen LogP contribution is 2.40. The molecule has 0 radical (unpaired) electrons. The monoisotopic (exact) mass is 490 g/mol. The van der Waals surface area contributed by atoms with Crippen LogP contribution in [0.1, 0.15) is 75.3 Å². The molecule has 1 fully saturated rings. The first kappa shape index (κ1) is 25.5. The Bertz CT molecular complexity index is 1310. The molecular weight excluding hydrogens is 459 g/mol. The van der Waals surface area contributed by atoms with Crippen LogP contribution in [0.25, 0.3) is 11.3 Å². The fourth-order valence-corrected chi connectivity index (χ4v) is 4.94. The van der Waals surface area contributed by atoms with E-state index in [9.17, 15) is 9.18 Å². The molecule has 0 bridgehead atoms. The number of hydrogen-bond donors (Lipinski definition) is 1. The summed E-state index contributed by atoms with van der Waals surface area (Å²) in [5, 5.41) is 16.4. The molecule has 0 spiro atoms. The van der Waals surface area contributed by atoms with E-state index in [2.05, 4.69) is 48.1 Å². The highest BCUT2D eigenvalue weighted by Gasteiger charge is 2.40. The van der Waals surface area contributed by atoms with Crippen LogP contribution in [0.4, 0.5) is 16.0 Å². The van der Waals surface area contributed by atoms with Crippen molar-refractivity contribution in [3.05, 3.63) is 53.7 Å². The number of nitrogens with one attached hydrogen (secondary N) is 1. The molecule has 1 aliphatic heterocycles. The van der Waals surface area contributed by atoms with Gasteiger partial charge in [-0.3, -0.25) is 9.48 Å². The number of anilines is 2. The Labute approximate surface area is 210 Å². The first-order valence-electron chi connectivity index (χ1n) is 12.0. The quantitative estimate of drug-likeness (QED) is 0.409. The first-order valence-corrected chi connectivity index (χ1v) is 12.0. The predicted octanol–water partition coefficient (Wildman–Crippen LogP) is 5.93. The van der Waals surface area contributed by atoms with Crippen LogP contribution in [-0.4, -0.2) is 36.7 Å². The van der Waals surface area contributed by atoms with Crippen molar-refractivity contribution in [3.63, 3.8) is 0 Å². The van der Waals surface area contributed by atoms with E-state index in [1.807, 2.05) is 23.9 Å². The number of carbonyl (C=O) groups excluding carboxylic acids is 1. The minimum atomic E-state index is -0.633. The van der Waals surface area contributed by atoms with E-state index < -0.39 is 11.6 Å². The molecule has 1 saturated heterocycles. The van der Waals surface area contributed by atoms with Crippen molar-refractivity contribution in [2.24, 2.45) is 0 Å². The maximum absolute atomic E-state index is 14.7. The lowest BCUT2D eigenvalue weighted by molar-refractivity contribution is -0.170. The molecule has 3 aromatic rings. The molecule has 1 aromatic carbocycles. The van der Waals surface area contributed by atoms with Crippen LogP contribution in [0.3, 0.4) is 0 Å². The van der Waals surface area contributed by atoms with Gasteiger partial charge in [0.15, 0.2) is 5.78 Å². The standard InChI is InChI=1S/C27H31FN6O2/c1-17-14-30-25(33-24(17)18-8-9-21(22(28)11-18)23(35)7-6-10-29)32-19-15-31-34(16-19)20-12-26(2,3)36-27(4,5)13-20/h8-9,11,14-16,20H,6-7,12-13H2,1-5H3,(H,30,32,33). The van der Waals surface area contributed by atoms with E-state index in [1.165, 1.54) is 12.1 Å². The van der Waals surface area contributed by atoms with Crippen LogP contribution >= 0.6 is 0 Å². The molecule has 188 valence electrons. The lowest BCUT2D eigenvalue weighted by atomic mass is 9.85. The molecule has 36 heavy (non-hydrogen) atoms. The van der Waals surface area contributed by atoms with Crippen molar-refractivity contribution in [1.82, 2.24) is 19.7 Å². The Balaban J connectivity index is 1.53. The van der Waals surface area contributed by atoms with E-state index in [-0.39, 0.29) is 35.6 Å². The van der Waals surface area contributed by atoms with Gasteiger partial charge in [0, 0.05) is 30.8 Å². The molecule has 2 aromatic heterocycles. The average Bonchev–Trinajstić information content (AvgIpc) is 3.25. The summed E-state index contributed by atoms with van der Waals surface area (Å²) in [5.74, 6) is -0.667. The second kappa shape index (κ2) is 9.78. The zero-order valence-corrected chi connectivity index (χ0v) is 21.3. The van der Waals surface area contributed by atoms with Crippen LogP contribution in [0.15, 0.2) is 36.8 Å². The van der Waals surface area contributed by atoms with Gasteiger partial charge in [-0.15, -0.1) is 0 Å². The van der Waals surface area contributed by atoms with Crippen molar-refractivity contribution in [2.45, 2.75) is 77.5 Å². The maximum Gasteiger partial charge on any atom is 0.227 e. The average molecular weight is 491 g/mol. The minimum absolute atomic E-state index is 0.00999. The molecule has 0 unspecified atom stereocenters. The number of ketones is 1. The Kier molecular flexibility index (Phi) is 6.92. The van der Waals surface area contributed by atoms with Crippen LogP contribution in [0, 0.1) is 24.1 Å². The fourth-order valence-electron chi connectivity index (χ4n) is 4.94. The summed E-state index contributed by atoms with van der Waals surface area (Å²) in [7, 11) is 0. The van der Waals surface area contributed by atoms with Gasteiger partial charge < -0.3 is 10.1 Å². The Morgan fingerprint density at radius 3 is 2.64 bits per heavy atom. The third-order valence-corrected chi connectivity index (χ3v) is 6.22. The number of rotatable bonds is 7. The lowest BCUT2D eigenvalue weighted by Gasteiger charge is -2.45. The van der Waals surface area contributed by atoms with Gasteiger partial charge in [0.25, 0.3) is 0 Å². The topological polar surface area (TPSA) is 106 Å². The van der Waals surface area contributed by atoms with Gasteiger partial charge in [-0.05, 0) is 65.2 Å². The van der Waals surface area contributed by atoms with E-state index in [0.717, 1.165) is 24.1 Å². The number of Topliss-reactive ketones (excluding diaryl/α,β-unsaturated/α-hetero) is 1. The van der Waals surface area contributed by atoms with E-state index >= 15 is 0 Å². The molecule has 8 nitrogen and oxygen atoms in total. The highest BCUT2D eigenvalue weighted by molar-refractivity contribution is 5.96. The summed E-state index contributed by atoms with van der Waals surface area (Å²) >= 11 is 0. The molecule has 3 heterocycles. The summed E-state index contributed by atoms with van der Waals surface area (Å²) in [6.45, 7) is 10.2. The Morgan fingerprint density at radius 1 is 1.25 bits per heavy atom. The third-order valence-electron chi connectivity index (χ3n) is 6.22. The zero-order valence-electron chi connectivity index (χ0n) is 21.3. The molecule has 9 heteroatoms. The summed E-state index contributed by atoms with van der Waals surface area (Å²) in [5.41, 5.74) is 2.10. The number of carbonyl (C=O) groups is 1. The summed E-state index contributed by atoms with van der Waals surface area (Å²) < 4.78 is 22.9. The molecule has 1 N–H and O–H groups in total. The summed E-state index contributed by atoms with van der Waals surface area (Å²) in [4.78, 5) is 21.1. The van der Waals surface area contributed by atoms with Gasteiger partial charge in [0.05, 0.1) is 46.5 Å². The lowest BCUT2D eigenvalue weighted by Crippen LogP contribution is -2.45. The fraction of sp³-hybridized carbons (Fsp3) is 0.444. The largest absolute Gasteiger partial charge is 0.370 e. The van der Waals surface area contributed by atoms with Crippen LogP contribution in [-0.2, 0) is 4.74 Å². The summed E-state index contributed by atoms with van der Waals surface area (Å²) in [6, 6.07) is 6.51. The number of nitrogens with zero attached hydrogens (tertiary/aromatic N) is 5. The molecule has 1 aliphatic rings. The number of nitriles is 1. The van der Waals surface area contributed by atoms with Gasteiger partial charge in [-0.1, -0.05) is 6.07 Å². The molecule has 0 saturated carbocycles. The van der Waals surface area contributed by atoms with Crippen LogP contribution in [0.2, 0.25) is 0 Å².